The van der Waals surface area contributed by atoms with Gasteiger partial charge in [-0.25, -0.2) is 8.42 Å². The lowest BCUT2D eigenvalue weighted by Crippen LogP contribution is -2.13. The Morgan fingerprint density at radius 3 is 2.56 bits per heavy atom. The van der Waals surface area contributed by atoms with Crippen molar-refractivity contribution in [2.45, 2.75) is 38.1 Å². The first kappa shape index (κ1) is 23.6. The predicted octanol–water partition coefficient (Wildman–Crippen LogP) is 6.11. The van der Waals surface area contributed by atoms with E-state index in [4.69, 9.17) is 5.26 Å². The highest BCUT2D eigenvalue weighted by molar-refractivity contribution is 7.93. The second kappa shape index (κ2) is 9.48. The number of pyridine rings is 1. The van der Waals surface area contributed by atoms with E-state index in [1.807, 2.05) is 54.6 Å². The van der Waals surface area contributed by atoms with E-state index in [0.29, 0.717) is 16.8 Å². The van der Waals surface area contributed by atoms with Gasteiger partial charge in [-0.1, -0.05) is 30.3 Å². The topological polar surface area (TPSA) is 87.8 Å². The monoisotopic (exact) mass is 494 g/mol. The Hall–Kier alpha value is -4.15. The molecular weight excluding hydrogens is 468 g/mol. The number of benzene rings is 3. The smallest absolute Gasteiger partial charge is 0.264 e. The number of aromatic nitrogens is 2. The molecule has 3 aromatic carbocycles. The van der Waals surface area contributed by atoms with Crippen LogP contribution in [0.4, 0.5) is 5.69 Å². The molecule has 0 aliphatic rings. The third kappa shape index (κ3) is 4.43. The summed E-state index contributed by atoms with van der Waals surface area (Å²) in [6.45, 7) is 5.02. The highest BCUT2D eigenvalue weighted by Gasteiger charge is 2.19. The molecule has 0 saturated heterocycles. The number of hydrogen-bond acceptors (Lipinski definition) is 4. The van der Waals surface area contributed by atoms with Gasteiger partial charge in [0.05, 0.1) is 17.1 Å². The zero-order chi connectivity index (χ0) is 25.3. The van der Waals surface area contributed by atoms with Gasteiger partial charge in [0.15, 0.2) is 0 Å². The summed E-state index contributed by atoms with van der Waals surface area (Å²) in [4.78, 5) is 4.45. The minimum Gasteiger partial charge on any atom is -0.345 e. The van der Waals surface area contributed by atoms with Gasteiger partial charge in [0, 0.05) is 40.4 Å². The Morgan fingerprint density at radius 1 is 1.00 bits per heavy atom. The van der Waals surface area contributed by atoms with E-state index in [1.54, 1.807) is 24.4 Å². The van der Waals surface area contributed by atoms with Crippen LogP contribution in [0.3, 0.4) is 0 Å². The van der Waals surface area contributed by atoms with E-state index in [9.17, 15) is 8.42 Å². The second-order valence-corrected chi connectivity index (χ2v) is 10.6. The van der Waals surface area contributed by atoms with Crippen LogP contribution in [-0.4, -0.2) is 18.0 Å². The first-order valence-electron chi connectivity index (χ1n) is 11.8. The van der Waals surface area contributed by atoms with Crippen LogP contribution in [0.2, 0.25) is 0 Å². The Bertz CT molecular complexity index is 1720. The van der Waals surface area contributed by atoms with Crippen LogP contribution in [0.25, 0.3) is 21.8 Å². The van der Waals surface area contributed by atoms with Gasteiger partial charge in [0.25, 0.3) is 10.0 Å². The summed E-state index contributed by atoms with van der Waals surface area (Å²) >= 11 is 0. The molecule has 36 heavy (non-hydrogen) atoms. The molecule has 2 aromatic heterocycles. The average Bonchev–Trinajstić information content (AvgIpc) is 3.13. The number of aryl methyl sites for hydroxylation is 3. The number of nitriles is 1. The van der Waals surface area contributed by atoms with Crippen molar-refractivity contribution < 1.29 is 8.42 Å². The molecule has 0 saturated carbocycles. The highest BCUT2D eigenvalue weighted by atomic mass is 32.2. The molecule has 0 bridgehead atoms. The van der Waals surface area contributed by atoms with Gasteiger partial charge in [-0.2, -0.15) is 5.26 Å². The van der Waals surface area contributed by atoms with Crippen molar-refractivity contribution >= 4 is 37.5 Å². The fourth-order valence-corrected chi connectivity index (χ4v) is 5.92. The maximum atomic E-state index is 13.3. The first-order chi connectivity index (χ1) is 17.4. The molecule has 0 amide bonds. The largest absolute Gasteiger partial charge is 0.345 e. The standard InChI is InChI=1S/C29H26N4O2S/c1-20-21(2)33(17-5-6-22-10-12-23(19-30)13-11-22)27-15-14-25(18-26(20)27)32-36(34,35)28-9-3-7-24-8-4-16-31-29(24)28/h3-4,7-16,18,32H,5-6,17H2,1-2H3. The van der Waals surface area contributed by atoms with E-state index in [1.165, 1.54) is 11.3 Å². The molecular formula is C29H26N4O2S. The summed E-state index contributed by atoms with van der Waals surface area (Å²) < 4.78 is 31.5. The third-order valence-electron chi connectivity index (χ3n) is 6.71. The lowest BCUT2D eigenvalue weighted by Gasteiger charge is -2.11. The predicted molar refractivity (Wildman–Crippen MR) is 143 cm³/mol. The third-order valence-corrected chi connectivity index (χ3v) is 8.12. The summed E-state index contributed by atoms with van der Waals surface area (Å²) in [5.41, 5.74) is 6.24. The molecule has 1 N–H and O–H groups in total. The molecule has 180 valence electrons. The molecule has 0 unspecified atom stereocenters. The zero-order valence-electron chi connectivity index (χ0n) is 20.2. The molecule has 5 rings (SSSR count). The molecule has 0 radical (unpaired) electrons. The Balaban J connectivity index is 1.39. The van der Waals surface area contributed by atoms with Crippen LogP contribution < -0.4 is 4.72 Å². The molecule has 0 fully saturated rings. The summed E-state index contributed by atoms with van der Waals surface area (Å²) in [6, 6.07) is 24.4. The highest BCUT2D eigenvalue weighted by Crippen LogP contribution is 2.30. The summed E-state index contributed by atoms with van der Waals surface area (Å²) in [5, 5.41) is 10.8. The van der Waals surface area contributed by atoms with Crippen LogP contribution in [0.5, 0.6) is 0 Å². The summed E-state index contributed by atoms with van der Waals surface area (Å²) in [5.74, 6) is 0. The Kier molecular flexibility index (Phi) is 6.21. The minimum absolute atomic E-state index is 0.161. The van der Waals surface area contributed by atoms with Crippen molar-refractivity contribution in [2.75, 3.05) is 4.72 Å². The van der Waals surface area contributed by atoms with Crippen molar-refractivity contribution in [3.8, 4) is 6.07 Å². The van der Waals surface area contributed by atoms with Crippen LogP contribution in [0.15, 0.2) is 83.9 Å². The number of fused-ring (bicyclic) bond motifs is 2. The summed E-state index contributed by atoms with van der Waals surface area (Å²) in [6.07, 6.45) is 3.48. The Labute approximate surface area is 210 Å². The SMILES string of the molecule is Cc1c(C)n(CCCc2ccc(C#N)cc2)c2ccc(NS(=O)(=O)c3cccc4cccnc34)cc12. The normalized spacial score (nSPS) is 11.6. The van der Waals surface area contributed by atoms with Crippen LogP contribution in [0.1, 0.15) is 28.8 Å². The van der Waals surface area contributed by atoms with Gasteiger partial charge < -0.3 is 4.57 Å². The molecule has 6 nitrogen and oxygen atoms in total. The van der Waals surface area contributed by atoms with Gasteiger partial charge in [-0.05, 0) is 80.3 Å². The van der Waals surface area contributed by atoms with Crippen LogP contribution in [-0.2, 0) is 23.0 Å². The minimum atomic E-state index is -3.81. The number of nitrogens with one attached hydrogen (secondary N) is 1. The van der Waals surface area contributed by atoms with E-state index in [2.05, 4.69) is 34.2 Å². The first-order valence-corrected chi connectivity index (χ1v) is 13.3. The zero-order valence-corrected chi connectivity index (χ0v) is 21.0. The van der Waals surface area contributed by atoms with E-state index in [-0.39, 0.29) is 4.90 Å². The number of para-hydroxylation sites is 1. The van der Waals surface area contributed by atoms with Gasteiger partial charge in [0.1, 0.15) is 4.90 Å². The van der Waals surface area contributed by atoms with E-state index in [0.717, 1.165) is 41.2 Å². The molecule has 7 heteroatoms. The van der Waals surface area contributed by atoms with Crippen molar-refractivity contribution in [3.63, 3.8) is 0 Å². The number of hydrogen-bond donors (Lipinski definition) is 1. The fraction of sp³-hybridized carbons (Fsp3) is 0.172. The van der Waals surface area contributed by atoms with Crippen molar-refractivity contribution in [1.29, 1.82) is 5.26 Å². The fourth-order valence-electron chi connectivity index (χ4n) is 4.69. The van der Waals surface area contributed by atoms with Crippen molar-refractivity contribution in [1.82, 2.24) is 9.55 Å². The average molecular weight is 495 g/mol. The van der Waals surface area contributed by atoms with Crippen molar-refractivity contribution in [3.05, 3.63) is 101 Å². The van der Waals surface area contributed by atoms with E-state index < -0.39 is 10.0 Å². The number of nitrogens with zero attached hydrogens (tertiary/aromatic N) is 3. The molecule has 0 spiro atoms. The summed E-state index contributed by atoms with van der Waals surface area (Å²) in [7, 11) is -3.81. The maximum Gasteiger partial charge on any atom is 0.264 e. The molecule has 0 atom stereocenters. The number of sulfonamides is 1. The van der Waals surface area contributed by atoms with E-state index >= 15 is 0 Å². The van der Waals surface area contributed by atoms with Crippen molar-refractivity contribution in [2.24, 2.45) is 0 Å². The number of anilines is 1. The second-order valence-electron chi connectivity index (χ2n) is 8.94. The van der Waals surface area contributed by atoms with Gasteiger partial charge in [-0.3, -0.25) is 9.71 Å². The van der Waals surface area contributed by atoms with Gasteiger partial charge >= 0.3 is 0 Å². The van der Waals surface area contributed by atoms with Gasteiger partial charge in [-0.15, -0.1) is 0 Å². The van der Waals surface area contributed by atoms with Crippen LogP contribution in [0, 0.1) is 25.2 Å². The molecule has 5 aromatic rings. The van der Waals surface area contributed by atoms with Gasteiger partial charge in [0.2, 0.25) is 0 Å². The Morgan fingerprint density at radius 2 is 1.78 bits per heavy atom. The lowest BCUT2D eigenvalue weighted by molar-refractivity contribution is 0.602. The maximum absolute atomic E-state index is 13.3. The van der Waals surface area contributed by atoms with Crippen LogP contribution >= 0.6 is 0 Å². The molecule has 0 aliphatic heterocycles. The quantitative estimate of drug-likeness (QED) is 0.296. The molecule has 2 heterocycles. The molecule has 0 aliphatic carbocycles. The lowest BCUT2D eigenvalue weighted by atomic mass is 10.1. The number of rotatable bonds is 7.